The quantitative estimate of drug-likeness (QED) is 0.694. The number of rotatable bonds is 3. The highest BCUT2D eigenvalue weighted by molar-refractivity contribution is 5.95. The molecule has 1 heterocycles. The molecule has 0 aliphatic rings. The predicted octanol–water partition coefficient (Wildman–Crippen LogP) is 2.63. The number of nitrogens with two attached hydrogens (primary N) is 1. The topological polar surface area (TPSA) is 81.0 Å². The molecule has 0 bridgehead atoms. The van der Waals surface area contributed by atoms with Crippen LogP contribution in [-0.4, -0.2) is 16.1 Å². The van der Waals surface area contributed by atoms with Crippen LogP contribution in [0.25, 0.3) is 10.9 Å². The lowest BCUT2D eigenvalue weighted by Crippen LogP contribution is -2.26. The molecule has 1 aromatic carbocycles. The zero-order valence-electron chi connectivity index (χ0n) is 12.5. The van der Waals surface area contributed by atoms with E-state index in [4.69, 9.17) is 15.7 Å². The van der Waals surface area contributed by atoms with E-state index in [1.165, 1.54) is 0 Å². The highest BCUT2D eigenvalue weighted by Crippen LogP contribution is 2.27. The average Bonchev–Trinajstić information content (AvgIpc) is 2.67. The number of carbonyl (C=O) groups is 1. The van der Waals surface area contributed by atoms with E-state index in [1.807, 2.05) is 32.9 Å². The van der Waals surface area contributed by atoms with E-state index in [0.717, 1.165) is 16.5 Å². The molecule has 0 saturated heterocycles. The highest BCUT2D eigenvalue weighted by atomic mass is 16.6. The first-order chi connectivity index (χ1) is 9.81. The van der Waals surface area contributed by atoms with Gasteiger partial charge >= 0.3 is 5.97 Å². The summed E-state index contributed by atoms with van der Waals surface area (Å²) < 4.78 is 7.12. The molecule has 0 amide bonds. The SMILES string of the molecule is CC(C)(C)OC(=O)Cn1cc(CC#N)c2c(N)cccc21. The van der Waals surface area contributed by atoms with Gasteiger partial charge in [-0.25, -0.2) is 0 Å². The molecule has 2 N–H and O–H groups in total. The molecule has 110 valence electrons. The number of carbonyl (C=O) groups excluding carboxylic acids is 1. The molecule has 0 fully saturated rings. The molecule has 21 heavy (non-hydrogen) atoms. The van der Waals surface area contributed by atoms with Gasteiger partial charge in [-0.15, -0.1) is 0 Å². The lowest BCUT2D eigenvalue weighted by Gasteiger charge is -2.19. The van der Waals surface area contributed by atoms with E-state index < -0.39 is 5.60 Å². The zero-order valence-corrected chi connectivity index (χ0v) is 12.5. The summed E-state index contributed by atoms with van der Waals surface area (Å²) in [5.41, 5.74) is 7.75. The van der Waals surface area contributed by atoms with Crippen molar-refractivity contribution < 1.29 is 9.53 Å². The molecular formula is C16H19N3O2. The molecule has 0 aliphatic carbocycles. The first-order valence-electron chi connectivity index (χ1n) is 6.77. The van der Waals surface area contributed by atoms with Crippen LogP contribution in [-0.2, 0) is 22.5 Å². The minimum atomic E-state index is -0.519. The van der Waals surface area contributed by atoms with Crippen LogP contribution >= 0.6 is 0 Å². The van der Waals surface area contributed by atoms with Crippen molar-refractivity contribution in [3.05, 3.63) is 30.0 Å². The minimum absolute atomic E-state index is 0.0999. The number of hydrogen-bond donors (Lipinski definition) is 1. The van der Waals surface area contributed by atoms with Gasteiger partial charge in [0.25, 0.3) is 0 Å². The van der Waals surface area contributed by atoms with Gasteiger partial charge in [-0.3, -0.25) is 4.79 Å². The Morgan fingerprint density at radius 3 is 2.76 bits per heavy atom. The lowest BCUT2D eigenvalue weighted by atomic mass is 10.1. The number of aromatic nitrogens is 1. The number of benzene rings is 1. The van der Waals surface area contributed by atoms with Crippen LogP contribution in [0.4, 0.5) is 5.69 Å². The van der Waals surface area contributed by atoms with Gasteiger partial charge in [0.05, 0.1) is 18.0 Å². The Hall–Kier alpha value is -2.48. The van der Waals surface area contributed by atoms with Crippen LogP contribution in [0.1, 0.15) is 26.3 Å². The van der Waals surface area contributed by atoms with Crippen molar-refractivity contribution in [1.29, 1.82) is 5.26 Å². The Morgan fingerprint density at radius 1 is 1.43 bits per heavy atom. The Morgan fingerprint density at radius 2 is 2.14 bits per heavy atom. The Bertz CT molecular complexity index is 717. The highest BCUT2D eigenvalue weighted by Gasteiger charge is 2.18. The molecule has 2 aromatic rings. The fourth-order valence-corrected chi connectivity index (χ4v) is 2.33. The van der Waals surface area contributed by atoms with Crippen molar-refractivity contribution in [2.24, 2.45) is 0 Å². The van der Waals surface area contributed by atoms with Crippen molar-refractivity contribution >= 4 is 22.6 Å². The van der Waals surface area contributed by atoms with Gasteiger partial charge < -0.3 is 15.0 Å². The molecule has 0 radical (unpaired) electrons. The monoisotopic (exact) mass is 285 g/mol. The Kier molecular flexibility index (Phi) is 3.90. The van der Waals surface area contributed by atoms with Gasteiger partial charge in [-0.05, 0) is 38.5 Å². The third-order valence-electron chi connectivity index (χ3n) is 3.01. The number of fused-ring (bicyclic) bond motifs is 1. The van der Waals surface area contributed by atoms with Crippen LogP contribution in [0.5, 0.6) is 0 Å². The van der Waals surface area contributed by atoms with E-state index in [-0.39, 0.29) is 18.9 Å². The maximum Gasteiger partial charge on any atom is 0.326 e. The van der Waals surface area contributed by atoms with Crippen molar-refractivity contribution in [2.45, 2.75) is 39.3 Å². The van der Waals surface area contributed by atoms with Crippen LogP contribution in [0.2, 0.25) is 0 Å². The predicted molar refractivity (Wildman–Crippen MR) is 81.5 cm³/mol. The van der Waals surface area contributed by atoms with Crippen molar-refractivity contribution in [2.75, 3.05) is 5.73 Å². The second-order valence-electron chi connectivity index (χ2n) is 5.94. The molecule has 5 heteroatoms. The van der Waals surface area contributed by atoms with E-state index in [9.17, 15) is 4.79 Å². The van der Waals surface area contributed by atoms with Crippen molar-refractivity contribution in [3.63, 3.8) is 0 Å². The molecule has 5 nitrogen and oxygen atoms in total. The fourth-order valence-electron chi connectivity index (χ4n) is 2.33. The van der Waals surface area contributed by atoms with Crippen LogP contribution in [0, 0.1) is 11.3 Å². The molecule has 1 aromatic heterocycles. The first-order valence-corrected chi connectivity index (χ1v) is 6.77. The lowest BCUT2D eigenvalue weighted by molar-refractivity contribution is -0.155. The third-order valence-corrected chi connectivity index (χ3v) is 3.01. The molecule has 0 atom stereocenters. The maximum absolute atomic E-state index is 12.0. The summed E-state index contributed by atoms with van der Waals surface area (Å²) in [7, 11) is 0. The summed E-state index contributed by atoms with van der Waals surface area (Å²) in [6.45, 7) is 5.59. The number of hydrogen-bond acceptors (Lipinski definition) is 4. The van der Waals surface area contributed by atoms with Crippen LogP contribution < -0.4 is 5.73 Å². The van der Waals surface area contributed by atoms with Gasteiger partial charge in [-0.1, -0.05) is 6.07 Å². The number of nitrogens with zero attached hydrogens (tertiary/aromatic N) is 2. The summed E-state index contributed by atoms with van der Waals surface area (Å²) >= 11 is 0. The molecule has 0 saturated carbocycles. The number of anilines is 1. The summed E-state index contributed by atoms with van der Waals surface area (Å²) in [6.07, 6.45) is 2.06. The largest absolute Gasteiger partial charge is 0.459 e. The van der Waals surface area contributed by atoms with Gasteiger partial charge in [-0.2, -0.15) is 5.26 Å². The minimum Gasteiger partial charge on any atom is -0.459 e. The van der Waals surface area contributed by atoms with E-state index in [2.05, 4.69) is 6.07 Å². The summed E-state index contributed by atoms with van der Waals surface area (Å²) in [6, 6.07) is 7.63. The number of ether oxygens (including phenoxy) is 1. The van der Waals surface area contributed by atoms with E-state index in [0.29, 0.717) is 5.69 Å². The first kappa shape index (κ1) is 14.9. The van der Waals surface area contributed by atoms with Crippen LogP contribution in [0.3, 0.4) is 0 Å². The summed E-state index contributed by atoms with van der Waals surface area (Å²) in [5.74, 6) is -0.315. The van der Waals surface area contributed by atoms with Gasteiger partial charge in [0.1, 0.15) is 12.1 Å². The molecule has 0 unspecified atom stereocenters. The zero-order chi connectivity index (χ0) is 15.6. The maximum atomic E-state index is 12.0. The molecule has 2 rings (SSSR count). The number of esters is 1. The van der Waals surface area contributed by atoms with Gasteiger partial charge in [0.2, 0.25) is 0 Å². The standard InChI is InChI=1S/C16H19N3O2/c1-16(2,3)21-14(20)10-19-9-11(7-8-17)15-12(18)5-4-6-13(15)19/h4-6,9H,7,10,18H2,1-3H3. The molecular weight excluding hydrogens is 266 g/mol. The Labute approximate surface area is 123 Å². The normalized spacial score (nSPS) is 11.3. The van der Waals surface area contributed by atoms with Gasteiger partial charge in [0.15, 0.2) is 0 Å². The van der Waals surface area contributed by atoms with Crippen LogP contribution in [0.15, 0.2) is 24.4 Å². The molecule has 0 aliphatic heterocycles. The summed E-state index contributed by atoms with van der Waals surface area (Å²) in [4.78, 5) is 12.0. The van der Waals surface area contributed by atoms with Crippen molar-refractivity contribution in [3.8, 4) is 6.07 Å². The smallest absolute Gasteiger partial charge is 0.326 e. The fraction of sp³-hybridized carbons (Fsp3) is 0.375. The second kappa shape index (κ2) is 5.49. The average molecular weight is 285 g/mol. The Balaban J connectivity index is 2.39. The molecule has 0 spiro atoms. The number of nitrogen functional groups attached to an aromatic ring is 1. The third kappa shape index (κ3) is 3.34. The van der Waals surface area contributed by atoms with E-state index >= 15 is 0 Å². The number of nitriles is 1. The van der Waals surface area contributed by atoms with E-state index in [1.54, 1.807) is 16.8 Å². The van der Waals surface area contributed by atoms with Crippen molar-refractivity contribution in [1.82, 2.24) is 4.57 Å². The summed E-state index contributed by atoms with van der Waals surface area (Å²) in [5, 5.41) is 9.76. The van der Waals surface area contributed by atoms with Gasteiger partial charge in [0, 0.05) is 17.3 Å². The second-order valence-corrected chi connectivity index (χ2v) is 5.94.